The van der Waals surface area contributed by atoms with E-state index in [1.807, 2.05) is 12.1 Å². The van der Waals surface area contributed by atoms with E-state index >= 15 is 0 Å². The maximum absolute atomic E-state index is 6.62. The van der Waals surface area contributed by atoms with Crippen LogP contribution < -0.4 is 10.6 Å². The number of alkyl halides is 2. The second-order valence-corrected chi connectivity index (χ2v) is 8.15. The summed E-state index contributed by atoms with van der Waals surface area (Å²) in [5.41, 5.74) is 2.61. The van der Waals surface area contributed by atoms with Crippen molar-refractivity contribution in [3.63, 3.8) is 0 Å². The molecule has 26 heavy (non-hydrogen) atoms. The van der Waals surface area contributed by atoms with Gasteiger partial charge in [-0.2, -0.15) is 0 Å². The molecule has 2 aromatic rings. The molecule has 140 valence electrons. The van der Waals surface area contributed by atoms with Gasteiger partial charge in [-0.3, -0.25) is 10.6 Å². The Labute approximate surface area is 167 Å². The molecule has 0 heterocycles. The SMILES string of the molecule is ClC(NCc1ccccc1)C1CCC(C(Cl)NCc2ccccc2)CC1. The van der Waals surface area contributed by atoms with Crippen molar-refractivity contribution in [2.24, 2.45) is 11.8 Å². The minimum Gasteiger partial charge on any atom is -0.297 e. The van der Waals surface area contributed by atoms with E-state index < -0.39 is 0 Å². The zero-order valence-electron chi connectivity index (χ0n) is 15.1. The molecular formula is C22H28Cl2N2. The molecule has 2 atom stereocenters. The lowest BCUT2D eigenvalue weighted by Gasteiger charge is -2.34. The van der Waals surface area contributed by atoms with Gasteiger partial charge in [0.1, 0.15) is 0 Å². The van der Waals surface area contributed by atoms with Gasteiger partial charge < -0.3 is 0 Å². The van der Waals surface area contributed by atoms with Crippen LogP contribution in [0, 0.1) is 11.8 Å². The van der Waals surface area contributed by atoms with Gasteiger partial charge in [-0.25, -0.2) is 0 Å². The normalized spacial score (nSPS) is 22.7. The Morgan fingerprint density at radius 2 is 1.00 bits per heavy atom. The summed E-state index contributed by atoms with van der Waals surface area (Å²) in [4.78, 5) is 0. The molecule has 0 bridgehead atoms. The van der Waals surface area contributed by atoms with Crippen LogP contribution in [0.5, 0.6) is 0 Å². The molecule has 4 heteroatoms. The minimum atomic E-state index is 0.0298. The maximum atomic E-state index is 6.62. The van der Waals surface area contributed by atoms with E-state index in [2.05, 4.69) is 59.2 Å². The largest absolute Gasteiger partial charge is 0.297 e. The van der Waals surface area contributed by atoms with Crippen LogP contribution in [0.2, 0.25) is 0 Å². The molecule has 0 aliphatic heterocycles. The van der Waals surface area contributed by atoms with E-state index in [1.165, 1.54) is 11.1 Å². The van der Waals surface area contributed by atoms with Gasteiger partial charge in [0, 0.05) is 13.1 Å². The Bertz CT molecular complexity index is 570. The summed E-state index contributed by atoms with van der Waals surface area (Å²) in [7, 11) is 0. The number of benzene rings is 2. The standard InChI is InChI=1S/C22H28Cl2N2/c23-21(25-15-17-7-3-1-4-8-17)19-11-13-20(14-12-19)22(24)26-16-18-9-5-2-6-10-18/h1-10,19-22,25-26H,11-16H2. The summed E-state index contributed by atoms with van der Waals surface area (Å²) >= 11 is 13.2. The maximum Gasteiger partial charge on any atom is 0.0856 e. The summed E-state index contributed by atoms with van der Waals surface area (Å²) in [6.07, 6.45) is 4.54. The first-order valence-electron chi connectivity index (χ1n) is 9.55. The van der Waals surface area contributed by atoms with Crippen molar-refractivity contribution in [3.8, 4) is 0 Å². The fraction of sp³-hybridized carbons (Fsp3) is 0.455. The van der Waals surface area contributed by atoms with Gasteiger partial charge >= 0.3 is 0 Å². The van der Waals surface area contributed by atoms with Crippen molar-refractivity contribution in [2.75, 3.05) is 0 Å². The van der Waals surface area contributed by atoms with Crippen molar-refractivity contribution in [1.29, 1.82) is 0 Å². The Balaban J connectivity index is 1.37. The van der Waals surface area contributed by atoms with Crippen LogP contribution in [-0.2, 0) is 13.1 Å². The lowest BCUT2D eigenvalue weighted by Crippen LogP contribution is -2.37. The van der Waals surface area contributed by atoms with Gasteiger partial charge in [-0.05, 0) is 48.6 Å². The molecule has 0 spiro atoms. The average molecular weight is 391 g/mol. The molecule has 0 amide bonds. The fourth-order valence-corrected chi connectivity index (χ4v) is 4.34. The fourth-order valence-electron chi connectivity index (χ4n) is 3.69. The van der Waals surface area contributed by atoms with E-state index in [0.29, 0.717) is 11.8 Å². The molecule has 2 unspecified atom stereocenters. The Morgan fingerprint density at radius 3 is 1.35 bits per heavy atom. The smallest absolute Gasteiger partial charge is 0.0856 e. The molecule has 1 fully saturated rings. The Morgan fingerprint density at radius 1 is 0.654 bits per heavy atom. The quantitative estimate of drug-likeness (QED) is 0.459. The highest BCUT2D eigenvalue weighted by Crippen LogP contribution is 2.34. The molecule has 0 aromatic heterocycles. The second kappa shape index (κ2) is 10.3. The van der Waals surface area contributed by atoms with Crippen molar-refractivity contribution < 1.29 is 0 Å². The predicted octanol–water partition coefficient (Wildman–Crippen LogP) is 5.50. The van der Waals surface area contributed by atoms with Crippen LogP contribution in [0.3, 0.4) is 0 Å². The van der Waals surface area contributed by atoms with Crippen LogP contribution in [0.1, 0.15) is 36.8 Å². The lowest BCUT2D eigenvalue weighted by atomic mass is 9.81. The summed E-state index contributed by atoms with van der Waals surface area (Å²) in [5.74, 6) is 1.05. The number of hydrogen-bond donors (Lipinski definition) is 2. The van der Waals surface area contributed by atoms with Crippen LogP contribution in [0.15, 0.2) is 60.7 Å². The third-order valence-electron chi connectivity index (χ3n) is 5.33. The van der Waals surface area contributed by atoms with E-state index in [-0.39, 0.29) is 11.0 Å². The van der Waals surface area contributed by atoms with E-state index in [4.69, 9.17) is 23.2 Å². The summed E-state index contributed by atoms with van der Waals surface area (Å²) in [6.45, 7) is 1.65. The topological polar surface area (TPSA) is 24.1 Å². The average Bonchev–Trinajstić information content (AvgIpc) is 2.72. The highest BCUT2D eigenvalue weighted by molar-refractivity contribution is 6.20. The van der Waals surface area contributed by atoms with E-state index in [1.54, 1.807) is 0 Å². The molecule has 1 aliphatic carbocycles. The third kappa shape index (κ3) is 5.99. The molecule has 1 aliphatic rings. The number of nitrogens with one attached hydrogen (secondary N) is 2. The molecule has 1 saturated carbocycles. The van der Waals surface area contributed by atoms with Gasteiger partial charge in [-0.15, -0.1) is 23.2 Å². The zero-order chi connectivity index (χ0) is 18.2. The monoisotopic (exact) mass is 390 g/mol. The number of hydrogen-bond acceptors (Lipinski definition) is 2. The van der Waals surface area contributed by atoms with Crippen LogP contribution >= 0.6 is 23.2 Å². The Kier molecular flexibility index (Phi) is 7.82. The van der Waals surface area contributed by atoms with Crippen molar-refractivity contribution in [2.45, 2.75) is 49.8 Å². The number of rotatable bonds is 8. The van der Waals surface area contributed by atoms with Crippen molar-refractivity contribution >= 4 is 23.2 Å². The first kappa shape index (κ1) is 19.7. The highest BCUT2D eigenvalue weighted by Gasteiger charge is 2.29. The van der Waals surface area contributed by atoms with Gasteiger partial charge in [0.25, 0.3) is 0 Å². The molecule has 2 aromatic carbocycles. The summed E-state index contributed by atoms with van der Waals surface area (Å²) in [5, 5.41) is 6.95. The molecule has 0 saturated heterocycles. The zero-order valence-corrected chi connectivity index (χ0v) is 16.6. The third-order valence-corrected chi connectivity index (χ3v) is 6.35. The molecule has 0 radical (unpaired) electrons. The Hall–Kier alpha value is -1.06. The highest BCUT2D eigenvalue weighted by atomic mass is 35.5. The summed E-state index contributed by atoms with van der Waals surface area (Å²) < 4.78 is 0. The van der Waals surface area contributed by atoms with Gasteiger partial charge in [0.2, 0.25) is 0 Å². The van der Waals surface area contributed by atoms with Crippen molar-refractivity contribution in [3.05, 3.63) is 71.8 Å². The van der Waals surface area contributed by atoms with Crippen LogP contribution in [0.25, 0.3) is 0 Å². The van der Waals surface area contributed by atoms with Crippen molar-refractivity contribution in [1.82, 2.24) is 10.6 Å². The second-order valence-electron chi connectivity index (χ2n) is 7.21. The summed E-state index contributed by atoms with van der Waals surface area (Å²) in [6, 6.07) is 20.9. The van der Waals surface area contributed by atoms with Gasteiger partial charge in [0.15, 0.2) is 0 Å². The minimum absolute atomic E-state index is 0.0298. The number of halogens is 2. The van der Waals surface area contributed by atoms with Crippen LogP contribution in [0.4, 0.5) is 0 Å². The van der Waals surface area contributed by atoms with Crippen LogP contribution in [-0.4, -0.2) is 11.0 Å². The molecule has 2 nitrogen and oxygen atoms in total. The first-order chi connectivity index (χ1) is 12.7. The van der Waals surface area contributed by atoms with Gasteiger partial charge in [0.05, 0.1) is 11.0 Å². The molecule has 3 rings (SSSR count). The first-order valence-corrected chi connectivity index (χ1v) is 10.4. The van der Waals surface area contributed by atoms with E-state index in [9.17, 15) is 0 Å². The lowest BCUT2D eigenvalue weighted by molar-refractivity contribution is 0.236. The van der Waals surface area contributed by atoms with E-state index in [0.717, 1.165) is 38.8 Å². The van der Waals surface area contributed by atoms with Gasteiger partial charge in [-0.1, -0.05) is 60.7 Å². The predicted molar refractivity (Wildman–Crippen MR) is 111 cm³/mol. The molecular weight excluding hydrogens is 363 g/mol. The molecule has 2 N–H and O–H groups in total.